The molecule has 2 aromatic carbocycles. The molecule has 0 saturated heterocycles. The quantitative estimate of drug-likeness (QED) is 0.223. The number of fused-ring (bicyclic) bond motifs is 1. The van der Waals surface area contributed by atoms with Crippen LogP contribution >= 0.6 is 0 Å². The zero-order valence-corrected chi connectivity index (χ0v) is 21.9. The minimum absolute atomic E-state index is 0.287. The molecule has 1 unspecified atom stereocenters. The molecule has 0 aliphatic heterocycles. The number of nitrogens with zero attached hydrogens (tertiary/aromatic N) is 6. The normalized spacial score (nSPS) is 11.9. The first kappa shape index (κ1) is 25.6. The van der Waals surface area contributed by atoms with E-state index in [9.17, 15) is 9.59 Å². The van der Waals surface area contributed by atoms with Gasteiger partial charge in [-0.25, -0.2) is 9.89 Å². The Hall–Kier alpha value is -5.00. The van der Waals surface area contributed by atoms with Gasteiger partial charge in [-0.1, -0.05) is 18.2 Å². The van der Waals surface area contributed by atoms with Gasteiger partial charge >= 0.3 is 11.9 Å². The number of esters is 2. The Morgan fingerprint density at radius 2 is 1.90 bits per heavy atom. The lowest BCUT2D eigenvalue weighted by Crippen LogP contribution is -2.21. The van der Waals surface area contributed by atoms with Crippen molar-refractivity contribution in [2.24, 2.45) is 0 Å². The van der Waals surface area contributed by atoms with Crippen LogP contribution in [0, 0.1) is 6.92 Å². The molecule has 1 N–H and O–H groups in total. The fourth-order valence-electron chi connectivity index (χ4n) is 4.39. The average Bonchev–Trinajstić information content (AvgIpc) is 3.63. The highest BCUT2D eigenvalue weighted by atomic mass is 16.7. The standard InChI is InChI=1S/C27H27N7O5/c1-5-37-27-28-22-8-6-7-21(26(36)39-18(4)38-17(3)35)24(22)34(27)15-19-9-11-20(12-10-19)33-14-16(2)13-23(33)25-29-31-32-30-25/h6-14,18H,5,15H2,1-4H3,(H,29,30,31,32). The number of carbonyl (C=O) groups excluding carboxylic acids is 2. The summed E-state index contributed by atoms with van der Waals surface area (Å²) < 4.78 is 20.0. The summed E-state index contributed by atoms with van der Waals surface area (Å²) in [6.45, 7) is 7.41. The molecule has 0 aliphatic rings. The number of tetrazole rings is 1. The van der Waals surface area contributed by atoms with Crippen molar-refractivity contribution in [3.05, 3.63) is 71.4 Å². The van der Waals surface area contributed by atoms with Crippen LogP contribution in [0.2, 0.25) is 0 Å². The number of benzene rings is 2. The maximum atomic E-state index is 13.0. The van der Waals surface area contributed by atoms with E-state index < -0.39 is 18.2 Å². The second-order valence-corrected chi connectivity index (χ2v) is 8.86. The van der Waals surface area contributed by atoms with E-state index in [4.69, 9.17) is 14.2 Å². The third kappa shape index (κ3) is 5.35. The molecule has 39 heavy (non-hydrogen) atoms. The second-order valence-electron chi connectivity index (χ2n) is 8.86. The van der Waals surface area contributed by atoms with Gasteiger partial charge in [0.2, 0.25) is 6.29 Å². The van der Waals surface area contributed by atoms with E-state index in [-0.39, 0.29) is 5.56 Å². The minimum Gasteiger partial charge on any atom is -0.465 e. The molecule has 5 aromatic rings. The Kier molecular flexibility index (Phi) is 7.08. The highest BCUT2D eigenvalue weighted by Gasteiger charge is 2.22. The molecule has 0 aliphatic carbocycles. The number of H-pyrrole nitrogens is 1. The van der Waals surface area contributed by atoms with E-state index in [1.165, 1.54) is 13.8 Å². The fourth-order valence-corrected chi connectivity index (χ4v) is 4.39. The van der Waals surface area contributed by atoms with E-state index in [2.05, 4.69) is 25.6 Å². The molecule has 0 bridgehead atoms. The zero-order valence-electron chi connectivity index (χ0n) is 21.9. The Balaban J connectivity index is 1.48. The predicted molar refractivity (Wildman–Crippen MR) is 140 cm³/mol. The molecule has 3 heterocycles. The maximum Gasteiger partial charge on any atom is 0.343 e. The number of hydrogen-bond donors (Lipinski definition) is 1. The zero-order chi connectivity index (χ0) is 27.5. The number of rotatable bonds is 9. The summed E-state index contributed by atoms with van der Waals surface area (Å²) >= 11 is 0. The molecule has 0 spiro atoms. The van der Waals surface area contributed by atoms with E-state index >= 15 is 0 Å². The van der Waals surface area contributed by atoms with E-state index in [0.717, 1.165) is 22.5 Å². The topological polar surface area (TPSA) is 139 Å². The lowest BCUT2D eigenvalue weighted by Gasteiger charge is -2.15. The summed E-state index contributed by atoms with van der Waals surface area (Å²) in [6, 6.07) is 15.6. The summed E-state index contributed by atoms with van der Waals surface area (Å²) in [5.41, 5.74) is 5.23. The van der Waals surface area contributed by atoms with Crippen LogP contribution in [0.15, 0.2) is 54.7 Å². The Morgan fingerprint density at radius 3 is 2.59 bits per heavy atom. The number of aryl methyl sites for hydroxylation is 1. The highest BCUT2D eigenvalue weighted by molar-refractivity contribution is 6.02. The molecule has 0 radical (unpaired) electrons. The van der Waals surface area contributed by atoms with Crippen LogP contribution < -0.4 is 4.74 Å². The molecule has 0 amide bonds. The maximum absolute atomic E-state index is 13.0. The number of hydrogen-bond acceptors (Lipinski definition) is 9. The van der Waals surface area contributed by atoms with Gasteiger partial charge in [0.25, 0.3) is 6.01 Å². The Morgan fingerprint density at radius 1 is 1.10 bits per heavy atom. The lowest BCUT2D eigenvalue weighted by molar-refractivity contribution is -0.162. The van der Waals surface area contributed by atoms with Gasteiger partial charge in [0, 0.05) is 25.7 Å². The molecule has 12 heteroatoms. The molecule has 3 aromatic heterocycles. The number of imidazole rings is 1. The van der Waals surface area contributed by atoms with Crippen molar-refractivity contribution >= 4 is 23.0 Å². The van der Waals surface area contributed by atoms with Gasteiger partial charge < -0.3 is 18.8 Å². The van der Waals surface area contributed by atoms with Gasteiger partial charge in [-0.2, -0.15) is 4.98 Å². The van der Waals surface area contributed by atoms with E-state index in [1.54, 1.807) is 18.2 Å². The van der Waals surface area contributed by atoms with Crippen molar-refractivity contribution in [2.75, 3.05) is 6.61 Å². The molecule has 200 valence electrons. The van der Waals surface area contributed by atoms with Crippen LogP contribution in [0.5, 0.6) is 6.01 Å². The van der Waals surface area contributed by atoms with Gasteiger partial charge in [-0.15, -0.1) is 5.10 Å². The minimum atomic E-state index is -1.03. The first-order valence-electron chi connectivity index (χ1n) is 12.4. The van der Waals surface area contributed by atoms with E-state index in [1.807, 2.05) is 59.5 Å². The van der Waals surface area contributed by atoms with Gasteiger partial charge in [0.15, 0.2) is 5.82 Å². The van der Waals surface area contributed by atoms with Crippen LogP contribution in [0.25, 0.3) is 28.2 Å². The van der Waals surface area contributed by atoms with Gasteiger partial charge in [-0.3, -0.25) is 9.36 Å². The number of aromatic amines is 1. The highest BCUT2D eigenvalue weighted by Crippen LogP contribution is 2.28. The Bertz CT molecular complexity index is 1620. The smallest absolute Gasteiger partial charge is 0.343 e. The third-order valence-corrected chi connectivity index (χ3v) is 5.93. The fraction of sp³-hybridized carbons (Fsp3) is 0.259. The van der Waals surface area contributed by atoms with Crippen LogP contribution in [-0.2, 0) is 20.8 Å². The summed E-state index contributed by atoms with van der Waals surface area (Å²) in [7, 11) is 0. The Labute approximate surface area is 223 Å². The monoisotopic (exact) mass is 529 g/mol. The lowest BCUT2D eigenvalue weighted by atomic mass is 10.1. The SMILES string of the molecule is CCOc1nc2cccc(C(=O)OC(C)OC(C)=O)c2n1Cc1ccc(-n2cc(C)cc2-c2nnn[nH]2)cc1. The molecule has 0 fully saturated rings. The predicted octanol–water partition coefficient (Wildman–Crippen LogP) is 3.83. The first-order chi connectivity index (χ1) is 18.8. The second kappa shape index (κ2) is 10.8. The van der Waals surface area contributed by atoms with E-state index in [0.29, 0.717) is 36.0 Å². The van der Waals surface area contributed by atoms with Crippen molar-refractivity contribution in [3.8, 4) is 23.2 Å². The summed E-state index contributed by atoms with van der Waals surface area (Å²) in [4.78, 5) is 28.9. The van der Waals surface area contributed by atoms with Gasteiger partial charge in [0.05, 0.1) is 35.4 Å². The number of para-hydroxylation sites is 1. The third-order valence-electron chi connectivity index (χ3n) is 5.93. The summed E-state index contributed by atoms with van der Waals surface area (Å²) in [6.07, 6.45) is 0.980. The van der Waals surface area contributed by atoms with Crippen LogP contribution in [0.4, 0.5) is 0 Å². The molecule has 0 saturated carbocycles. The van der Waals surface area contributed by atoms with Crippen molar-refractivity contribution in [3.63, 3.8) is 0 Å². The van der Waals surface area contributed by atoms with Crippen molar-refractivity contribution < 1.29 is 23.8 Å². The van der Waals surface area contributed by atoms with Crippen molar-refractivity contribution in [2.45, 2.75) is 40.5 Å². The van der Waals surface area contributed by atoms with Crippen molar-refractivity contribution in [1.82, 2.24) is 34.7 Å². The van der Waals surface area contributed by atoms with Crippen LogP contribution in [0.1, 0.15) is 42.3 Å². The van der Waals surface area contributed by atoms with Crippen LogP contribution in [-0.4, -0.2) is 59.6 Å². The van der Waals surface area contributed by atoms with Crippen molar-refractivity contribution in [1.29, 1.82) is 0 Å². The van der Waals surface area contributed by atoms with Gasteiger partial charge in [-0.05, 0) is 65.7 Å². The molecular weight excluding hydrogens is 502 g/mol. The number of aromatic nitrogens is 7. The number of ether oxygens (including phenoxy) is 3. The first-order valence-corrected chi connectivity index (χ1v) is 12.4. The largest absolute Gasteiger partial charge is 0.465 e. The molecule has 5 rings (SSSR count). The molecule has 1 atom stereocenters. The van der Waals surface area contributed by atoms with Crippen LogP contribution in [0.3, 0.4) is 0 Å². The summed E-state index contributed by atoms with van der Waals surface area (Å²) in [5, 5.41) is 14.2. The number of nitrogens with one attached hydrogen (secondary N) is 1. The average molecular weight is 530 g/mol. The molecule has 12 nitrogen and oxygen atoms in total. The molecular formula is C27H27N7O5. The van der Waals surface area contributed by atoms with Gasteiger partial charge in [0.1, 0.15) is 0 Å². The summed E-state index contributed by atoms with van der Waals surface area (Å²) in [5.74, 6) is -0.604. The number of carbonyl (C=O) groups is 2.